The predicted molar refractivity (Wildman–Crippen MR) is 31.4 cm³/mol. The number of rotatable bonds is 2. The summed E-state index contributed by atoms with van der Waals surface area (Å²) in [6.07, 6.45) is -12.2. The monoisotopic (exact) mass is 246 g/mol. The maximum atomic E-state index is 11.9. The summed E-state index contributed by atoms with van der Waals surface area (Å²) in [5.74, 6) is -2.24. The number of carbonyl (C=O) groups is 1. The van der Waals surface area contributed by atoms with E-state index in [2.05, 4.69) is 11.6 Å². The fourth-order valence-electron chi connectivity index (χ4n) is 0.588. The van der Waals surface area contributed by atoms with Crippen LogP contribution in [0, 0.1) is 5.41 Å². The van der Waals surface area contributed by atoms with Gasteiger partial charge in [0, 0.05) is 0 Å². The van der Waals surface area contributed by atoms with Crippen molar-refractivity contribution < 1.29 is 35.5 Å². The Morgan fingerprint density at radius 1 is 1.00 bits per heavy atom. The van der Waals surface area contributed by atoms with Gasteiger partial charge in [-0.2, -0.15) is 30.7 Å². The van der Waals surface area contributed by atoms with E-state index in [1.807, 2.05) is 0 Å². The molecule has 0 aliphatic rings. The molecule has 0 bridgehead atoms. The van der Waals surface area contributed by atoms with Crippen molar-refractivity contribution >= 4 is 17.6 Å². The van der Waals surface area contributed by atoms with Crippen LogP contribution in [0.1, 0.15) is 0 Å². The topological polar surface area (TPSA) is 17.1 Å². The highest BCUT2D eigenvalue weighted by atomic mass is 35.5. The molecule has 0 fully saturated rings. The fraction of sp³-hybridized carbons (Fsp3) is 0.800. The quantitative estimate of drug-likeness (QED) is 0.416. The molecule has 0 saturated carbocycles. The van der Waals surface area contributed by atoms with E-state index in [-0.39, 0.29) is 0 Å². The van der Waals surface area contributed by atoms with Crippen LogP contribution in [-0.4, -0.2) is 24.3 Å². The highest BCUT2D eigenvalue weighted by molar-refractivity contribution is 6.20. The van der Waals surface area contributed by atoms with Crippen molar-refractivity contribution in [3.63, 3.8) is 0 Å². The summed E-state index contributed by atoms with van der Waals surface area (Å²) in [6.45, 7) is 0. The zero-order valence-electron chi connectivity index (χ0n) is 6.14. The van der Waals surface area contributed by atoms with Gasteiger partial charge in [-0.1, -0.05) is 0 Å². The standard InChI is InChI=1S/C5H2ClF7O/c6-1-3(2(7)14,4(8,9)10)5(11,12)13/h1H2. The van der Waals surface area contributed by atoms with Crippen molar-refractivity contribution in [2.45, 2.75) is 12.4 Å². The second-order valence-corrected chi connectivity index (χ2v) is 2.58. The Kier molecular flexibility index (Phi) is 3.42. The largest absolute Gasteiger partial charge is 0.414 e. The van der Waals surface area contributed by atoms with Crippen molar-refractivity contribution in [1.82, 2.24) is 0 Å². The summed E-state index contributed by atoms with van der Waals surface area (Å²) in [7, 11) is 0. The van der Waals surface area contributed by atoms with Gasteiger partial charge in [-0.15, -0.1) is 11.6 Å². The van der Waals surface area contributed by atoms with Gasteiger partial charge < -0.3 is 0 Å². The van der Waals surface area contributed by atoms with E-state index >= 15 is 0 Å². The van der Waals surface area contributed by atoms with Crippen molar-refractivity contribution in [1.29, 1.82) is 0 Å². The third-order valence-electron chi connectivity index (χ3n) is 1.50. The molecule has 0 N–H and O–H groups in total. The van der Waals surface area contributed by atoms with Crippen LogP contribution in [0.2, 0.25) is 0 Å². The lowest BCUT2D eigenvalue weighted by molar-refractivity contribution is -0.320. The van der Waals surface area contributed by atoms with E-state index in [4.69, 9.17) is 0 Å². The second kappa shape index (κ2) is 3.56. The second-order valence-electron chi connectivity index (χ2n) is 2.31. The Hall–Kier alpha value is -0.530. The summed E-state index contributed by atoms with van der Waals surface area (Å²) >= 11 is 4.39. The van der Waals surface area contributed by atoms with E-state index in [9.17, 15) is 35.5 Å². The molecular weight excluding hydrogens is 244 g/mol. The zero-order chi connectivity index (χ0) is 11.8. The van der Waals surface area contributed by atoms with Gasteiger partial charge in [-0.25, -0.2) is 0 Å². The first-order chi connectivity index (χ1) is 6.00. The van der Waals surface area contributed by atoms with Crippen LogP contribution in [0.5, 0.6) is 0 Å². The van der Waals surface area contributed by atoms with Crippen molar-refractivity contribution in [2.24, 2.45) is 5.41 Å². The Morgan fingerprint density at radius 2 is 1.29 bits per heavy atom. The summed E-state index contributed by atoms with van der Waals surface area (Å²) in [5, 5.41) is 0. The predicted octanol–water partition coefficient (Wildman–Crippen LogP) is 2.83. The molecule has 1 nitrogen and oxygen atoms in total. The van der Waals surface area contributed by atoms with Crippen molar-refractivity contribution in [3.8, 4) is 0 Å². The van der Waals surface area contributed by atoms with Gasteiger partial charge in [-0.3, -0.25) is 4.79 Å². The van der Waals surface area contributed by atoms with Crippen LogP contribution in [-0.2, 0) is 4.79 Å². The van der Waals surface area contributed by atoms with Crippen LogP contribution in [0.25, 0.3) is 0 Å². The molecule has 0 aliphatic heterocycles. The average Bonchev–Trinajstić information content (AvgIpc) is 1.80. The molecule has 0 aromatic heterocycles. The molecule has 0 amide bonds. The molecule has 14 heavy (non-hydrogen) atoms. The lowest BCUT2D eigenvalue weighted by Gasteiger charge is -2.30. The minimum Gasteiger partial charge on any atom is -0.260 e. The van der Waals surface area contributed by atoms with E-state index in [0.29, 0.717) is 0 Å². The first-order valence-electron chi connectivity index (χ1n) is 2.90. The van der Waals surface area contributed by atoms with Crippen LogP contribution in [0.3, 0.4) is 0 Å². The molecule has 84 valence electrons. The number of alkyl halides is 7. The van der Waals surface area contributed by atoms with Gasteiger partial charge in [0.2, 0.25) is 0 Å². The number of hydrogen-bond acceptors (Lipinski definition) is 1. The van der Waals surface area contributed by atoms with Crippen molar-refractivity contribution in [2.75, 3.05) is 5.88 Å². The van der Waals surface area contributed by atoms with Crippen LogP contribution >= 0.6 is 11.6 Å². The summed E-state index contributed by atoms with van der Waals surface area (Å²) < 4.78 is 83.0. The maximum absolute atomic E-state index is 11.9. The molecule has 0 atom stereocenters. The fourth-order valence-corrected chi connectivity index (χ4v) is 0.996. The molecule has 0 rings (SSSR count). The average molecular weight is 247 g/mol. The summed E-state index contributed by atoms with van der Waals surface area (Å²) in [4.78, 5) is 9.80. The van der Waals surface area contributed by atoms with Crippen LogP contribution in [0.15, 0.2) is 0 Å². The molecule has 0 aromatic carbocycles. The first kappa shape index (κ1) is 13.5. The molecule has 9 heteroatoms. The van der Waals surface area contributed by atoms with Gasteiger partial charge in [-0.05, 0) is 0 Å². The SMILES string of the molecule is O=C(F)C(CCl)(C(F)(F)F)C(F)(F)F. The normalized spacial score (nSPS) is 14.3. The lowest BCUT2D eigenvalue weighted by Crippen LogP contribution is -2.55. The third kappa shape index (κ3) is 1.79. The molecule has 0 heterocycles. The smallest absolute Gasteiger partial charge is 0.260 e. The van der Waals surface area contributed by atoms with E-state index < -0.39 is 29.7 Å². The van der Waals surface area contributed by atoms with Gasteiger partial charge in [0.1, 0.15) is 0 Å². The Labute approximate surface area is 77.8 Å². The van der Waals surface area contributed by atoms with Gasteiger partial charge in [0.15, 0.2) is 0 Å². The molecule has 0 aromatic rings. The van der Waals surface area contributed by atoms with Gasteiger partial charge >= 0.3 is 18.4 Å². The van der Waals surface area contributed by atoms with E-state index in [1.165, 1.54) is 0 Å². The Balaban J connectivity index is 5.58. The van der Waals surface area contributed by atoms with E-state index in [1.54, 1.807) is 0 Å². The Bertz CT molecular complexity index is 215. The highest BCUT2D eigenvalue weighted by Gasteiger charge is 2.75. The molecule has 0 aliphatic carbocycles. The number of hydrogen-bond donors (Lipinski definition) is 0. The molecular formula is C5H2ClF7O. The van der Waals surface area contributed by atoms with Crippen molar-refractivity contribution in [3.05, 3.63) is 0 Å². The lowest BCUT2D eigenvalue weighted by atomic mass is 9.89. The highest BCUT2D eigenvalue weighted by Crippen LogP contribution is 2.51. The van der Waals surface area contributed by atoms with Crippen LogP contribution in [0.4, 0.5) is 30.7 Å². The van der Waals surface area contributed by atoms with Crippen LogP contribution < -0.4 is 0 Å². The molecule has 0 unspecified atom stereocenters. The number of halogens is 8. The minimum atomic E-state index is -6.11. The third-order valence-corrected chi connectivity index (χ3v) is 1.90. The van der Waals surface area contributed by atoms with Gasteiger partial charge in [0.05, 0.1) is 5.88 Å². The molecule has 0 spiro atoms. The zero-order valence-corrected chi connectivity index (χ0v) is 6.89. The minimum absolute atomic E-state index is 2.24. The Morgan fingerprint density at radius 3 is 1.29 bits per heavy atom. The van der Waals surface area contributed by atoms with E-state index in [0.717, 1.165) is 0 Å². The van der Waals surface area contributed by atoms with Gasteiger partial charge in [0.25, 0.3) is 5.41 Å². The molecule has 0 radical (unpaired) electrons. The number of carbonyl (C=O) groups excluding carboxylic acids is 1. The first-order valence-corrected chi connectivity index (χ1v) is 3.43. The summed E-state index contributed by atoms with van der Waals surface area (Å²) in [6, 6.07) is -3.56. The molecule has 0 saturated heterocycles. The summed E-state index contributed by atoms with van der Waals surface area (Å²) in [5.41, 5.74) is -5.12. The maximum Gasteiger partial charge on any atom is 0.414 e.